The van der Waals surface area contributed by atoms with Crippen LogP contribution >= 0.6 is 47.8 Å². The van der Waals surface area contributed by atoms with Gasteiger partial charge >= 0.3 is 0 Å². The summed E-state index contributed by atoms with van der Waals surface area (Å²) in [6, 6.07) is 1.82. The fraction of sp³-hybridized carbons (Fsp3) is 0.308. The van der Waals surface area contributed by atoms with Gasteiger partial charge in [0, 0.05) is 22.2 Å². The molecule has 0 saturated carbocycles. The molecule has 2 heterocycles. The van der Waals surface area contributed by atoms with E-state index < -0.39 is 0 Å². The van der Waals surface area contributed by atoms with Gasteiger partial charge in [-0.3, -0.25) is 14.5 Å². The Kier molecular flexibility index (Phi) is 5.14. The SMILES string of the molecule is CCc1nn(C)c(CC(=O)c2ncc(Br)cc2Br)c1Br. The van der Waals surface area contributed by atoms with Gasteiger partial charge in [-0.25, -0.2) is 0 Å². The van der Waals surface area contributed by atoms with Crippen LogP contribution in [0.15, 0.2) is 25.7 Å². The quantitative estimate of drug-likeness (QED) is 0.639. The third-order valence-corrected chi connectivity index (χ3v) is 4.86. The van der Waals surface area contributed by atoms with Gasteiger partial charge in [0.2, 0.25) is 0 Å². The van der Waals surface area contributed by atoms with Crippen molar-refractivity contribution in [1.82, 2.24) is 14.8 Å². The fourth-order valence-electron chi connectivity index (χ4n) is 1.87. The summed E-state index contributed by atoms with van der Waals surface area (Å²) in [7, 11) is 1.84. The van der Waals surface area contributed by atoms with E-state index in [0.29, 0.717) is 10.2 Å². The Hall–Kier alpha value is -0.530. The van der Waals surface area contributed by atoms with Crippen LogP contribution in [0.3, 0.4) is 0 Å². The van der Waals surface area contributed by atoms with Crippen LogP contribution in [0.1, 0.15) is 28.8 Å². The maximum absolute atomic E-state index is 12.4. The van der Waals surface area contributed by atoms with Crippen LogP contribution in [0.25, 0.3) is 0 Å². The summed E-state index contributed by atoms with van der Waals surface area (Å²) in [5.74, 6) is -0.0456. The molecule has 0 saturated heterocycles. The molecule has 0 atom stereocenters. The van der Waals surface area contributed by atoms with Crippen molar-refractivity contribution in [3.63, 3.8) is 0 Å². The molecule has 0 N–H and O–H groups in total. The van der Waals surface area contributed by atoms with Crippen molar-refractivity contribution in [2.45, 2.75) is 19.8 Å². The first kappa shape index (κ1) is 15.9. The molecule has 106 valence electrons. The number of hydrogen-bond acceptors (Lipinski definition) is 3. The molecule has 2 aromatic rings. The number of Topliss-reactive ketones (excluding diaryl/α,β-unsaturated/α-hetero) is 1. The van der Waals surface area contributed by atoms with Gasteiger partial charge in [-0.1, -0.05) is 6.92 Å². The minimum Gasteiger partial charge on any atom is -0.292 e. The van der Waals surface area contributed by atoms with Gasteiger partial charge < -0.3 is 0 Å². The molecule has 0 aliphatic rings. The molecule has 0 aromatic carbocycles. The van der Waals surface area contributed by atoms with E-state index in [1.165, 1.54) is 0 Å². The summed E-state index contributed by atoms with van der Waals surface area (Å²) in [6.07, 6.45) is 2.70. The summed E-state index contributed by atoms with van der Waals surface area (Å²) in [6.45, 7) is 2.03. The number of rotatable bonds is 4. The zero-order valence-corrected chi connectivity index (χ0v) is 15.7. The smallest absolute Gasteiger partial charge is 0.188 e. The van der Waals surface area contributed by atoms with Crippen LogP contribution in [0.5, 0.6) is 0 Å². The van der Waals surface area contributed by atoms with E-state index in [9.17, 15) is 4.79 Å². The average Bonchev–Trinajstić information content (AvgIpc) is 2.66. The van der Waals surface area contributed by atoms with Crippen molar-refractivity contribution in [3.05, 3.63) is 42.8 Å². The van der Waals surface area contributed by atoms with Gasteiger partial charge in [-0.05, 0) is 60.3 Å². The number of pyridine rings is 1. The number of nitrogens with zero attached hydrogens (tertiary/aromatic N) is 3. The summed E-state index contributed by atoms with van der Waals surface area (Å²) in [5.41, 5.74) is 2.25. The number of carbonyl (C=O) groups excluding carboxylic acids is 1. The summed E-state index contributed by atoms with van der Waals surface area (Å²) >= 11 is 10.2. The highest BCUT2D eigenvalue weighted by molar-refractivity contribution is 9.11. The van der Waals surface area contributed by atoms with E-state index in [1.807, 2.05) is 20.0 Å². The molecule has 0 radical (unpaired) electrons. The van der Waals surface area contributed by atoms with E-state index in [0.717, 1.165) is 26.8 Å². The molecule has 0 fully saturated rings. The van der Waals surface area contributed by atoms with Gasteiger partial charge in [0.05, 0.1) is 22.3 Å². The highest BCUT2D eigenvalue weighted by Crippen LogP contribution is 2.25. The normalized spacial score (nSPS) is 10.8. The molecule has 0 amide bonds. The molecular formula is C13H12Br3N3O. The van der Waals surface area contributed by atoms with E-state index in [4.69, 9.17) is 0 Å². The average molecular weight is 466 g/mol. The second kappa shape index (κ2) is 6.49. The maximum Gasteiger partial charge on any atom is 0.188 e. The summed E-state index contributed by atoms with van der Waals surface area (Å²) < 4.78 is 4.17. The maximum atomic E-state index is 12.4. The number of aromatic nitrogens is 3. The third kappa shape index (κ3) is 3.20. The molecule has 4 nitrogen and oxygen atoms in total. The van der Waals surface area contributed by atoms with Crippen molar-refractivity contribution < 1.29 is 4.79 Å². The Morgan fingerprint density at radius 1 is 1.35 bits per heavy atom. The number of ketones is 1. The number of aryl methyl sites for hydroxylation is 2. The molecule has 2 rings (SSSR count). The van der Waals surface area contributed by atoms with Gasteiger partial charge in [0.15, 0.2) is 5.78 Å². The van der Waals surface area contributed by atoms with Crippen LogP contribution in [-0.4, -0.2) is 20.5 Å². The lowest BCUT2D eigenvalue weighted by atomic mass is 10.1. The molecule has 7 heteroatoms. The van der Waals surface area contributed by atoms with E-state index in [-0.39, 0.29) is 12.2 Å². The fourth-order valence-corrected chi connectivity index (χ4v) is 3.83. The molecular weight excluding hydrogens is 454 g/mol. The lowest BCUT2D eigenvalue weighted by Crippen LogP contribution is -2.10. The van der Waals surface area contributed by atoms with Crippen LogP contribution in [0.4, 0.5) is 0 Å². The van der Waals surface area contributed by atoms with Crippen molar-refractivity contribution in [3.8, 4) is 0 Å². The van der Waals surface area contributed by atoms with Crippen molar-refractivity contribution in [1.29, 1.82) is 0 Å². The predicted octanol–water partition coefficient (Wildman–Crippen LogP) is 4.09. The highest BCUT2D eigenvalue weighted by Gasteiger charge is 2.19. The number of hydrogen-bond donors (Lipinski definition) is 0. The molecule has 2 aromatic heterocycles. The monoisotopic (exact) mass is 463 g/mol. The number of carbonyl (C=O) groups is 1. The lowest BCUT2D eigenvalue weighted by Gasteiger charge is -2.05. The standard InChI is InChI=1S/C13H12Br3N3O/c1-3-9-12(16)10(19(2)18-9)5-11(20)13-8(15)4-7(14)6-17-13/h4,6H,3,5H2,1-2H3. The first-order valence-electron chi connectivity index (χ1n) is 5.98. The Balaban J connectivity index is 2.30. The van der Waals surface area contributed by atoms with Crippen LogP contribution in [0, 0.1) is 0 Å². The summed E-state index contributed by atoms with van der Waals surface area (Å²) in [4.78, 5) is 16.6. The number of halogens is 3. The Morgan fingerprint density at radius 3 is 2.60 bits per heavy atom. The minimum absolute atomic E-state index is 0.0456. The largest absolute Gasteiger partial charge is 0.292 e. The highest BCUT2D eigenvalue weighted by atomic mass is 79.9. The second-order valence-corrected chi connectivity index (χ2v) is 6.83. The summed E-state index contributed by atoms with van der Waals surface area (Å²) in [5, 5.41) is 4.39. The Morgan fingerprint density at radius 2 is 2.05 bits per heavy atom. The van der Waals surface area contributed by atoms with E-state index in [1.54, 1.807) is 10.9 Å². The van der Waals surface area contributed by atoms with Gasteiger partial charge in [0.25, 0.3) is 0 Å². The molecule has 20 heavy (non-hydrogen) atoms. The Labute approximate surface area is 142 Å². The zero-order valence-electron chi connectivity index (χ0n) is 11.0. The van der Waals surface area contributed by atoms with Crippen LogP contribution < -0.4 is 0 Å². The van der Waals surface area contributed by atoms with E-state index >= 15 is 0 Å². The third-order valence-electron chi connectivity index (χ3n) is 2.90. The predicted molar refractivity (Wildman–Crippen MR) is 88.0 cm³/mol. The van der Waals surface area contributed by atoms with Gasteiger partial charge in [-0.2, -0.15) is 5.10 Å². The van der Waals surface area contributed by atoms with Gasteiger partial charge in [-0.15, -0.1) is 0 Å². The van der Waals surface area contributed by atoms with Crippen LogP contribution in [-0.2, 0) is 19.9 Å². The minimum atomic E-state index is -0.0456. The zero-order chi connectivity index (χ0) is 14.9. The van der Waals surface area contributed by atoms with Crippen molar-refractivity contribution in [2.24, 2.45) is 7.05 Å². The molecule has 0 bridgehead atoms. The van der Waals surface area contributed by atoms with Crippen LogP contribution in [0.2, 0.25) is 0 Å². The van der Waals surface area contributed by atoms with Gasteiger partial charge in [0.1, 0.15) is 5.69 Å². The molecule has 0 aliphatic heterocycles. The van der Waals surface area contributed by atoms with Crippen molar-refractivity contribution >= 4 is 53.6 Å². The Bertz CT molecular complexity index is 667. The first-order chi connectivity index (χ1) is 9.43. The topological polar surface area (TPSA) is 47.8 Å². The molecule has 0 spiro atoms. The lowest BCUT2D eigenvalue weighted by molar-refractivity contribution is 0.0985. The van der Waals surface area contributed by atoms with E-state index in [2.05, 4.69) is 57.9 Å². The second-order valence-electron chi connectivity index (χ2n) is 4.27. The first-order valence-corrected chi connectivity index (χ1v) is 8.36. The molecule has 0 aliphatic carbocycles. The molecule has 0 unspecified atom stereocenters. The van der Waals surface area contributed by atoms with Crippen molar-refractivity contribution in [2.75, 3.05) is 0 Å².